The van der Waals surface area contributed by atoms with Gasteiger partial charge >= 0.3 is 0 Å². The monoisotopic (exact) mass is 422 g/mol. The van der Waals surface area contributed by atoms with E-state index in [1.54, 1.807) is 32.9 Å². The first-order valence-corrected chi connectivity index (χ1v) is 9.83. The fourth-order valence-corrected chi connectivity index (χ4v) is 3.95. The third kappa shape index (κ3) is 3.62. The lowest BCUT2D eigenvalue weighted by atomic mass is 9.90. The zero-order valence-corrected chi connectivity index (χ0v) is 16.9. The van der Waals surface area contributed by atoms with Crippen LogP contribution in [0.25, 0.3) is 11.0 Å². The van der Waals surface area contributed by atoms with Gasteiger partial charge in [-0.05, 0) is 32.4 Å². The molecule has 6 unspecified atom stereocenters. The summed E-state index contributed by atoms with van der Waals surface area (Å²) in [6.45, 7) is 4.78. The molecule has 0 saturated carbocycles. The normalized spacial score (nSPS) is 33.2. The molecule has 1 fully saturated rings. The Labute approximate surface area is 172 Å². The standard InChI is InChI=1S/C21H26O9/c1-9-4-12(23)11-5-10-6-16(21(2,3)30-13(10)7-14(11)27-9)29-20-19(26)18(25)17(24)15(8-22)28-20/h4-5,7,15-20,22,24-26H,6,8H2,1-3H3. The van der Waals surface area contributed by atoms with Crippen molar-refractivity contribution < 1.29 is 39.1 Å². The summed E-state index contributed by atoms with van der Waals surface area (Å²) in [6.07, 6.45) is -7.10. The van der Waals surface area contributed by atoms with Crippen molar-refractivity contribution in [3.8, 4) is 5.75 Å². The van der Waals surface area contributed by atoms with Gasteiger partial charge in [0.25, 0.3) is 0 Å². The van der Waals surface area contributed by atoms with Crippen molar-refractivity contribution in [1.29, 1.82) is 0 Å². The lowest BCUT2D eigenvalue weighted by molar-refractivity contribution is -0.321. The highest BCUT2D eigenvalue weighted by Gasteiger charge is 2.47. The van der Waals surface area contributed by atoms with Gasteiger partial charge in [-0.3, -0.25) is 4.79 Å². The molecule has 30 heavy (non-hydrogen) atoms. The summed E-state index contributed by atoms with van der Waals surface area (Å²) in [7, 11) is 0. The van der Waals surface area contributed by atoms with Crippen LogP contribution in [0.1, 0.15) is 25.2 Å². The fourth-order valence-electron chi connectivity index (χ4n) is 3.95. The van der Waals surface area contributed by atoms with Crippen LogP contribution in [0.4, 0.5) is 0 Å². The maximum Gasteiger partial charge on any atom is 0.192 e. The molecule has 1 aromatic carbocycles. The Kier molecular flexibility index (Phi) is 5.38. The Morgan fingerprint density at radius 2 is 1.87 bits per heavy atom. The number of aryl methyl sites for hydroxylation is 1. The van der Waals surface area contributed by atoms with Crippen LogP contribution in [0, 0.1) is 6.92 Å². The van der Waals surface area contributed by atoms with E-state index in [4.69, 9.17) is 18.6 Å². The van der Waals surface area contributed by atoms with Gasteiger partial charge in [0.2, 0.25) is 0 Å². The zero-order valence-electron chi connectivity index (χ0n) is 16.9. The first-order chi connectivity index (χ1) is 14.1. The van der Waals surface area contributed by atoms with Crippen molar-refractivity contribution in [2.24, 2.45) is 0 Å². The molecular weight excluding hydrogens is 396 g/mol. The summed E-state index contributed by atoms with van der Waals surface area (Å²) in [5.74, 6) is 1.07. The molecule has 2 aliphatic rings. The second kappa shape index (κ2) is 7.60. The largest absolute Gasteiger partial charge is 0.485 e. The average Bonchev–Trinajstić information content (AvgIpc) is 2.67. The van der Waals surface area contributed by atoms with Crippen LogP contribution < -0.4 is 10.2 Å². The highest BCUT2D eigenvalue weighted by molar-refractivity contribution is 5.79. The maximum atomic E-state index is 12.3. The molecule has 0 bridgehead atoms. The molecule has 6 atom stereocenters. The topological polar surface area (TPSA) is 139 Å². The van der Waals surface area contributed by atoms with E-state index in [0.29, 0.717) is 28.9 Å². The van der Waals surface area contributed by atoms with Crippen molar-refractivity contribution in [3.05, 3.63) is 39.7 Å². The van der Waals surface area contributed by atoms with Crippen molar-refractivity contribution in [2.45, 2.75) is 69.6 Å². The van der Waals surface area contributed by atoms with Gasteiger partial charge in [0, 0.05) is 18.6 Å². The quantitative estimate of drug-likeness (QED) is 0.538. The Bertz CT molecular complexity index is 996. The molecule has 0 amide bonds. The third-order valence-electron chi connectivity index (χ3n) is 5.73. The van der Waals surface area contributed by atoms with Gasteiger partial charge in [-0.25, -0.2) is 0 Å². The van der Waals surface area contributed by atoms with Gasteiger partial charge < -0.3 is 39.1 Å². The summed E-state index contributed by atoms with van der Waals surface area (Å²) < 4.78 is 23.2. The minimum atomic E-state index is -1.53. The molecule has 2 aliphatic heterocycles. The lowest BCUT2D eigenvalue weighted by Crippen LogP contribution is -2.61. The number of fused-ring (bicyclic) bond motifs is 2. The van der Waals surface area contributed by atoms with E-state index in [-0.39, 0.29) is 5.43 Å². The highest BCUT2D eigenvalue weighted by Crippen LogP contribution is 2.38. The van der Waals surface area contributed by atoms with Crippen LogP contribution >= 0.6 is 0 Å². The van der Waals surface area contributed by atoms with Gasteiger partial charge in [0.1, 0.15) is 53.2 Å². The molecule has 9 heteroatoms. The summed E-state index contributed by atoms with van der Waals surface area (Å²) in [4.78, 5) is 12.3. The molecule has 0 spiro atoms. The molecule has 0 radical (unpaired) electrons. The molecular formula is C21H26O9. The number of hydrogen-bond acceptors (Lipinski definition) is 9. The van der Waals surface area contributed by atoms with E-state index >= 15 is 0 Å². The third-order valence-corrected chi connectivity index (χ3v) is 5.73. The average molecular weight is 422 g/mol. The lowest BCUT2D eigenvalue weighted by Gasteiger charge is -2.45. The van der Waals surface area contributed by atoms with Crippen LogP contribution in [0.2, 0.25) is 0 Å². The van der Waals surface area contributed by atoms with Gasteiger partial charge in [-0.15, -0.1) is 0 Å². The van der Waals surface area contributed by atoms with Crippen LogP contribution in [-0.4, -0.2) is 69.4 Å². The zero-order chi connectivity index (χ0) is 21.8. The molecule has 3 heterocycles. The van der Waals surface area contributed by atoms with E-state index in [9.17, 15) is 25.2 Å². The number of hydrogen-bond donors (Lipinski definition) is 4. The number of benzene rings is 1. The van der Waals surface area contributed by atoms with Crippen LogP contribution in [-0.2, 0) is 15.9 Å². The molecule has 9 nitrogen and oxygen atoms in total. The van der Waals surface area contributed by atoms with Crippen LogP contribution in [0.5, 0.6) is 5.75 Å². The van der Waals surface area contributed by atoms with E-state index in [0.717, 1.165) is 5.56 Å². The van der Waals surface area contributed by atoms with Crippen molar-refractivity contribution >= 4 is 11.0 Å². The Morgan fingerprint density at radius 1 is 1.13 bits per heavy atom. The number of rotatable bonds is 3. The molecule has 2 aromatic rings. The SMILES string of the molecule is Cc1cc(=O)c2cc3c(cc2o1)OC(C)(C)C(OC1OC(CO)C(O)C(O)C1O)C3. The number of ether oxygens (including phenoxy) is 3. The predicted molar refractivity (Wildman–Crippen MR) is 104 cm³/mol. The molecule has 0 aliphatic carbocycles. The van der Waals surface area contributed by atoms with Gasteiger partial charge in [0.05, 0.1) is 12.0 Å². The minimum Gasteiger partial charge on any atom is -0.485 e. The molecule has 4 rings (SSSR count). The van der Waals surface area contributed by atoms with Gasteiger partial charge in [-0.1, -0.05) is 0 Å². The van der Waals surface area contributed by atoms with Gasteiger partial charge in [-0.2, -0.15) is 0 Å². The van der Waals surface area contributed by atoms with E-state index in [2.05, 4.69) is 0 Å². The van der Waals surface area contributed by atoms with E-state index in [1.165, 1.54) is 6.07 Å². The van der Waals surface area contributed by atoms with Crippen molar-refractivity contribution in [2.75, 3.05) is 6.61 Å². The van der Waals surface area contributed by atoms with Crippen molar-refractivity contribution in [1.82, 2.24) is 0 Å². The predicted octanol–water partition coefficient (Wildman–Crippen LogP) is 0.0000200. The van der Waals surface area contributed by atoms with Crippen molar-refractivity contribution in [3.63, 3.8) is 0 Å². The first-order valence-electron chi connectivity index (χ1n) is 9.83. The van der Waals surface area contributed by atoms with E-state index in [1.807, 2.05) is 0 Å². The fraction of sp³-hybridized carbons (Fsp3) is 0.571. The Morgan fingerprint density at radius 3 is 2.57 bits per heavy atom. The number of aliphatic hydroxyl groups excluding tert-OH is 4. The van der Waals surface area contributed by atoms with E-state index < -0.39 is 49.0 Å². The summed E-state index contributed by atoms with van der Waals surface area (Å²) >= 11 is 0. The summed E-state index contributed by atoms with van der Waals surface area (Å²) in [5, 5.41) is 40.0. The molecule has 164 valence electrons. The summed E-state index contributed by atoms with van der Waals surface area (Å²) in [5.41, 5.74) is 0.159. The highest BCUT2D eigenvalue weighted by atomic mass is 16.7. The maximum absolute atomic E-state index is 12.3. The molecule has 1 aromatic heterocycles. The molecule has 1 saturated heterocycles. The second-order valence-electron chi connectivity index (χ2n) is 8.41. The minimum absolute atomic E-state index is 0.159. The molecule has 4 N–H and O–H groups in total. The van der Waals surface area contributed by atoms with Crippen LogP contribution in [0.3, 0.4) is 0 Å². The number of aliphatic hydroxyl groups is 4. The first kappa shape index (κ1) is 21.2. The Balaban J connectivity index is 1.63. The smallest absolute Gasteiger partial charge is 0.192 e. The van der Waals surface area contributed by atoms with Crippen LogP contribution in [0.15, 0.2) is 27.4 Å². The van der Waals surface area contributed by atoms with Gasteiger partial charge in [0.15, 0.2) is 11.7 Å². The Hall–Kier alpha value is -2.01. The summed E-state index contributed by atoms with van der Waals surface area (Å²) in [6, 6.07) is 4.81. The second-order valence-corrected chi connectivity index (χ2v) is 8.41.